The van der Waals surface area contributed by atoms with Crippen LogP contribution in [0.3, 0.4) is 0 Å². The van der Waals surface area contributed by atoms with Gasteiger partial charge in [0.1, 0.15) is 0 Å². The van der Waals surface area contributed by atoms with E-state index in [1.54, 1.807) is 0 Å². The smallest absolute Gasteiger partial charge is 0.280 e. The second-order valence-electron chi connectivity index (χ2n) is 4.83. The van der Waals surface area contributed by atoms with E-state index in [4.69, 9.17) is 18.0 Å². The Labute approximate surface area is 125 Å². The van der Waals surface area contributed by atoms with Crippen LogP contribution in [-0.2, 0) is 10.2 Å². The SMILES string of the molecule is NC(=S)C(NS(=O)(=O)N1CCCCC1)c1ccccc1. The highest BCUT2D eigenvalue weighted by atomic mass is 32.2. The van der Waals surface area contributed by atoms with Gasteiger partial charge in [0.25, 0.3) is 10.2 Å². The van der Waals surface area contributed by atoms with Gasteiger partial charge >= 0.3 is 0 Å². The third kappa shape index (κ3) is 3.76. The van der Waals surface area contributed by atoms with Crippen molar-refractivity contribution in [2.24, 2.45) is 5.73 Å². The Morgan fingerprint density at radius 1 is 1.20 bits per heavy atom. The quantitative estimate of drug-likeness (QED) is 0.804. The van der Waals surface area contributed by atoms with Gasteiger partial charge < -0.3 is 5.73 Å². The van der Waals surface area contributed by atoms with E-state index in [-0.39, 0.29) is 4.99 Å². The minimum atomic E-state index is -3.56. The molecule has 1 aliphatic rings. The molecule has 3 N–H and O–H groups in total. The van der Waals surface area contributed by atoms with E-state index < -0.39 is 16.3 Å². The van der Waals surface area contributed by atoms with Crippen LogP contribution in [0.2, 0.25) is 0 Å². The minimum absolute atomic E-state index is 0.122. The molecule has 1 atom stereocenters. The maximum Gasteiger partial charge on any atom is 0.280 e. The van der Waals surface area contributed by atoms with Gasteiger partial charge in [0.2, 0.25) is 0 Å². The van der Waals surface area contributed by atoms with Crippen LogP contribution in [0.15, 0.2) is 30.3 Å². The molecule has 1 unspecified atom stereocenters. The van der Waals surface area contributed by atoms with Crippen molar-refractivity contribution in [1.82, 2.24) is 9.03 Å². The topological polar surface area (TPSA) is 75.4 Å². The number of piperidine rings is 1. The summed E-state index contributed by atoms with van der Waals surface area (Å²) in [7, 11) is -3.56. The summed E-state index contributed by atoms with van der Waals surface area (Å²) in [6.07, 6.45) is 2.86. The lowest BCUT2D eigenvalue weighted by Gasteiger charge is -2.28. The van der Waals surface area contributed by atoms with E-state index in [0.29, 0.717) is 13.1 Å². The number of rotatable bonds is 5. The van der Waals surface area contributed by atoms with Crippen molar-refractivity contribution in [3.05, 3.63) is 35.9 Å². The first-order valence-electron chi connectivity index (χ1n) is 6.62. The number of nitrogens with zero attached hydrogens (tertiary/aromatic N) is 1. The summed E-state index contributed by atoms with van der Waals surface area (Å²) in [5.41, 5.74) is 6.44. The minimum Gasteiger partial charge on any atom is -0.392 e. The molecule has 1 aromatic carbocycles. The molecule has 1 fully saturated rings. The highest BCUT2D eigenvalue weighted by Gasteiger charge is 2.28. The zero-order valence-electron chi connectivity index (χ0n) is 11.2. The predicted molar refractivity (Wildman–Crippen MR) is 83.4 cm³/mol. The number of nitrogens with one attached hydrogen (secondary N) is 1. The second kappa shape index (κ2) is 6.62. The molecule has 0 amide bonds. The van der Waals surface area contributed by atoms with Crippen molar-refractivity contribution in [2.75, 3.05) is 13.1 Å². The second-order valence-corrected chi connectivity index (χ2v) is 7.00. The average molecular weight is 313 g/mol. The third-order valence-electron chi connectivity index (χ3n) is 3.34. The first-order chi connectivity index (χ1) is 9.50. The number of benzene rings is 1. The molecule has 110 valence electrons. The molecule has 0 spiro atoms. The number of hydrogen-bond acceptors (Lipinski definition) is 3. The maximum atomic E-state index is 12.4. The Morgan fingerprint density at radius 2 is 1.80 bits per heavy atom. The molecule has 1 heterocycles. The lowest BCUT2D eigenvalue weighted by molar-refractivity contribution is 0.341. The van der Waals surface area contributed by atoms with Gasteiger partial charge in [-0.3, -0.25) is 0 Å². The summed E-state index contributed by atoms with van der Waals surface area (Å²) in [5.74, 6) is 0. The lowest BCUT2D eigenvalue weighted by atomic mass is 10.1. The largest absolute Gasteiger partial charge is 0.392 e. The Balaban J connectivity index is 2.18. The van der Waals surface area contributed by atoms with Crippen molar-refractivity contribution in [3.8, 4) is 0 Å². The highest BCUT2D eigenvalue weighted by molar-refractivity contribution is 7.87. The van der Waals surface area contributed by atoms with Gasteiger partial charge in [0.15, 0.2) is 0 Å². The summed E-state index contributed by atoms with van der Waals surface area (Å²) in [5, 5.41) is 0. The van der Waals surface area contributed by atoms with Gasteiger partial charge in [-0.2, -0.15) is 17.4 Å². The molecule has 1 aliphatic heterocycles. The molecule has 0 bridgehead atoms. The van der Waals surface area contributed by atoms with Crippen LogP contribution < -0.4 is 10.5 Å². The van der Waals surface area contributed by atoms with Crippen molar-refractivity contribution in [1.29, 1.82) is 0 Å². The van der Waals surface area contributed by atoms with E-state index in [2.05, 4.69) is 4.72 Å². The molecule has 0 aliphatic carbocycles. The molecule has 0 radical (unpaired) electrons. The lowest BCUT2D eigenvalue weighted by Crippen LogP contribution is -2.47. The van der Waals surface area contributed by atoms with Crippen molar-refractivity contribution in [3.63, 3.8) is 0 Å². The molecule has 5 nitrogen and oxygen atoms in total. The van der Waals surface area contributed by atoms with Crippen molar-refractivity contribution in [2.45, 2.75) is 25.3 Å². The fraction of sp³-hybridized carbons (Fsp3) is 0.462. The van der Waals surface area contributed by atoms with Gasteiger partial charge in [0, 0.05) is 13.1 Å². The number of nitrogens with two attached hydrogens (primary N) is 1. The van der Waals surface area contributed by atoms with Crippen LogP contribution in [0.4, 0.5) is 0 Å². The molecule has 1 saturated heterocycles. The molecule has 2 rings (SSSR count). The zero-order chi connectivity index (χ0) is 14.6. The van der Waals surface area contributed by atoms with Crippen LogP contribution in [0, 0.1) is 0 Å². The zero-order valence-corrected chi connectivity index (χ0v) is 12.8. The monoisotopic (exact) mass is 313 g/mol. The van der Waals surface area contributed by atoms with Crippen LogP contribution in [-0.4, -0.2) is 30.8 Å². The van der Waals surface area contributed by atoms with E-state index in [0.717, 1.165) is 24.8 Å². The molecular weight excluding hydrogens is 294 g/mol. The Bertz CT molecular complexity index is 554. The third-order valence-corrected chi connectivity index (χ3v) is 5.15. The number of thiocarbonyl (C=S) groups is 1. The van der Waals surface area contributed by atoms with E-state index in [1.807, 2.05) is 30.3 Å². The van der Waals surface area contributed by atoms with Crippen molar-refractivity contribution >= 4 is 27.4 Å². The van der Waals surface area contributed by atoms with Crippen LogP contribution >= 0.6 is 12.2 Å². The van der Waals surface area contributed by atoms with E-state index in [9.17, 15) is 8.42 Å². The Kier molecular flexibility index (Phi) is 5.09. The van der Waals surface area contributed by atoms with E-state index >= 15 is 0 Å². The normalized spacial score (nSPS) is 18.6. The predicted octanol–water partition coefficient (Wildman–Crippen LogP) is 1.33. The summed E-state index contributed by atoms with van der Waals surface area (Å²) < 4.78 is 28.8. The van der Waals surface area contributed by atoms with Gasteiger partial charge in [-0.05, 0) is 18.4 Å². The fourth-order valence-electron chi connectivity index (χ4n) is 2.26. The molecule has 7 heteroatoms. The van der Waals surface area contributed by atoms with Crippen LogP contribution in [0.1, 0.15) is 30.9 Å². The van der Waals surface area contributed by atoms with Gasteiger partial charge in [0.05, 0.1) is 11.0 Å². The fourth-order valence-corrected chi connectivity index (χ4v) is 3.98. The molecule has 20 heavy (non-hydrogen) atoms. The van der Waals surface area contributed by atoms with Crippen LogP contribution in [0.25, 0.3) is 0 Å². The van der Waals surface area contributed by atoms with Gasteiger partial charge in [-0.1, -0.05) is 49.0 Å². The Morgan fingerprint density at radius 3 is 2.35 bits per heavy atom. The standard InChI is InChI=1S/C13H19N3O2S2/c14-13(19)12(11-7-3-1-4-8-11)15-20(17,18)16-9-5-2-6-10-16/h1,3-4,7-8,12,15H,2,5-6,9-10H2,(H2,14,19). The Hall–Kier alpha value is -1.02. The molecular formula is C13H19N3O2S2. The molecule has 0 saturated carbocycles. The van der Waals surface area contributed by atoms with Crippen LogP contribution in [0.5, 0.6) is 0 Å². The molecule has 1 aromatic rings. The summed E-state index contributed by atoms with van der Waals surface area (Å²) in [6, 6.07) is 8.47. The summed E-state index contributed by atoms with van der Waals surface area (Å²) >= 11 is 5.00. The highest BCUT2D eigenvalue weighted by Crippen LogP contribution is 2.18. The average Bonchev–Trinajstić information content (AvgIpc) is 2.46. The first-order valence-corrected chi connectivity index (χ1v) is 8.47. The van der Waals surface area contributed by atoms with Gasteiger partial charge in [-0.25, -0.2) is 0 Å². The summed E-state index contributed by atoms with van der Waals surface area (Å²) in [6.45, 7) is 1.10. The maximum absolute atomic E-state index is 12.4. The van der Waals surface area contributed by atoms with E-state index in [1.165, 1.54) is 4.31 Å². The van der Waals surface area contributed by atoms with Gasteiger partial charge in [-0.15, -0.1) is 0 Å². The molecule has 0 aromatic heterocycles. The first kappa shape index (κ1) is 15.4. The number of hydrogen-bond donors (Lipinski definition) is 2. The summed E-state index contributed by atoms with van der Waals surface area (Å²) in [4.78, 5) is 0.122. The van der Waals surface area contributed by atoms with Crippen molar-refractivity contribution < 1.29 is 8.42 Å².